The van der Waals surface area contributed by atoms with Gasteiger partial charge in [0.2, 0.25) is 0 Å². The normalized spacial score (nSPS) is 10.5. The Morgan fingerprint density at radius 3 is 2.65 bits per heavy atom. The summed E-state index contributed by atoms with van der Waals surface area (Å²) in [6.45, 7) is 0. The largest absolute Gasteiger partial charge is 0.398 e. The fourth-order valence-corrected chi connectivity index (χ4v) is 3.34. The molecule has 0 aliphatic rings. The molecule has 0 bridgehead atoms. The van der Waals surface area contributed by atoms with Crippen molar-refractivity contribution in [2.24, 2.45) is 0 Å². The van der Waals surface area contributed by atoms with Gasteiger partial charge in [0.05, 0.1) is 0 Å². The summed E-state index contributed by atoms with van der Waals surface area (Å²) >= 11 is 11.3. The molecule has 4 heteroatoms. The van der Waals surface area contributed by atoms with Gasteiger partial charge >= 0.3 is 0 Å². The molecule has 2 aromatic rings. The number of nitrogen functional groups attached to an aromatic ring is 1. The summed E-state index contributed by atoms with van der Waals surface area (Å²) in [4.78, 5) is 1.19. The fourth-order valence-electron chi connectivity index (χ4n) is 1.44. The number of hydrogen-bond acceptors (Lipinski definition) is 2. The van der Waals surface area contributed by atoms with Gasteiger partial charge in [0.25, 0.3) is 0 Å². The van der Waals surface area contributed by atoms with Gasteiger partial charge in [0.15, 0.2) is 0 Å². The molecule has 0 saturated heterocycles. The number of anilines is 1. The number of halogens is 2. The van der Waals surface area contributed by atoms with E-state index >= 15 is 0 Å². The van der Waals surface area contributed by atoms with Crippen molar-refractivity contribution in [3.8, 4) is 0 Å². The lowest BCUT2D eigenvalue weighted by Gasteiger charge is -2.07. The highest BCUT2D eigenvalue weighted by Gasteiger charge is 2.05. The zero-order chi connectivity index (χ0) is 12.3. The van der Waals surface area contributed by atoms with E-state index in [1.54, 1.807) is 11.8 Å². The molecule has 0 radical (unpaired) electrons. The van der Waals surface area contributed by atoms with Crippen molar-refractivity contribution < 1.29 is 0 Å². The van der Waals surface area contributed by atoms with Crippen molar-refractivity contribution in [3.63, 3.8) is 0 Å². The van der Waals surface area contributed by atoms with Crippen LogP contribution in [-0.2, 0) is 5.75 Å². The van der Waals surface area contributed by atoms with Gasteiger partial charge in [-0.3, -0.25) is 0 Å². The van der Waals surface area contributed by atoms with Crippen LogP contribution >= 0.6 is 39.3 Å². The summed E-state index contributed by atoms with van der Waals surface area (Å²) in [5.41, 5.74) is 7.66. The van der Waals surface area contributed by atoms with Gasteiger partial charge in [-0.25, -0.2) is 0 Å². The van der Waals surface area contributed by atoms with Crippen molar-refractivity contribution >= 4 is 45.0 Å². The lowest BCUT2D eigenvalue weighted by molar-refractivity contribution is 1.37. The van der Waals surface area contributed by atoms with Crippen LogP contribution in [0.15, 0.2) is 51.8 Å². The smallest absolute Gasteiger partial charge is 0.0467 e. The highest BCUT2D eigenvalue weighted by atomic mass is 79.9. The van der Waals surface area contributed by atoms with E-state index < -0.39 is 0 Å². The van der Waals surface area contributed by atoms with E-state index in [2.05, 4.69) is 28.1 Å². The van der Waals surface area contributed by atoms with E-state index in [9.17, 15) is 0 Å². The Labute approximate surface area is 118 Å². The molecule has 2 N–H and O–H groups in total. The molecule has 1 nitrogen and oxygen atoms in total. The van der Waals surface area contributed by atoms with Crippen molar-refractivity contribution in [2.45, 2.75) is 10.6 Å². The lowest BCUT2D eigenvalue weighted by atomic mass is 10.2. The molecule has 2 aromatic carbocycles. The SMILES string of the molecule is Nc1cccc(Cl)c1CSc1cccc(Br)c1. The van der Waals surface area contributed by atoms with E-state index in [1.807, 2.05) is 30.3 Å². The summed E-state index contributed by atoms with van der Waals surface area (Å²) in [5, 5.41) is 0.729. The number of hydrogen-bond donors (Lipinski definition) is 1. The predicted molar refractivity (Wildman–Crippen MR) is 79.6 cm³/mol. The summed E-state index contributed by atoms with van der Waals surface area (Å²) in [6, 6.07) is 13.8. The van der Waals surface area contributed by atoms with Crippen LogP contribution in [0, 0.1) is 0 Å². The van der Waals surface area contributed by atoms with Gasteiger partial charge in [-0.05, 0) is 30.3 Å². The Balaban J connectivity index is 2.13. The van der Waals surface area contributed by atoms with Crippen molar-refractivity contribution in [3.05, 3.63) is 57.5 Å². The maximum Gasteiger partial charge on any atom is 0.0467 e. The van der Waals surface area contributed by atoms with Crippen LogP contribution in [0.4, 0.5) is 5.69 Å². The molecular weight excluding hydrogens is 318 g/mol. The minimum absolute atomic E-state index is 0.729. The molecule has 0 atom stereocenters. The molecule has 2 rings (SSSR count). The van der Waals surface area contributed by atoms with E-state index in [0.29, 0.717) is 0 Å². The molecular formula is C13H11BrClNS. The monoisotopic (exact) mass is 327 g/mol. The third-order valence-electron chi connectivity index (χ3n) is 2.33. The first-order chi connectivity index (χ1) is 8.16. The minimum Gasteiger partial charge on any atom is -0.398 e. The summed E-state index contributed by atoms with van der Waals surface area (Å²) in [5.74, 6) is 0.780. The lowest BCUT2D eigenvalue weighted by Crippen LogP contribution is -1.93. The maximum atomic E-state index is 6.12. The number of benzene rings is 2. The molecule has 0 spiro atoms. The zero-order valence-electron chi connectivity index (χ0n) is 8.99. The highest BCUT2D eigenvalue weighted by Crippen LogP contribution is 2.31. The molecule has 88 valence electrons. The van der Waals surface area contributed by atoms with Gasteiger partial charge in [-0.1, -0.05) is 39.7 Å². The van der Waals surface area contributed by atoms with Crippen molar-refractivity contribution in [1.82, 2.24) is 0 Å². The molecule has 0 heterocycles. The van der Waals surface area contributed by atoms with Gasteiger partial charge in [-0.2, -0.15) is 0 Å². The molecule has 0 unspecified atom stereocenters. The van der Waals surface area contributed by atoms with Gasteiger partial charge in [0, 0.05) is 31.4 Å². The minimum atomic E-state index is 0.729. The molecule has 0 aromatic heterocycles. The van der Waals surface area contributed by atoms with Crippen molar-refractivity contribution in [1.29, 1.82) is 0 Å². The van der Waals surface area contributed by atoms with Crippen LogP contribution in [0.25, 0.3) is 0 Å². The van der Waals surface area contributed by atoms with E-state index in [4.69, 9.17) is 17.3 Å². The molecule has 0 saturated carbocycles. The second-order valence-electron chi connectivity index (χ2n) is 3.55. The Morgan fingerprint density at radius 1 is 1.18 bits per heavy atom. The Kier molecular flexibility index (Phi) is 4.37. The van der Waals surface area contributed by atoms with Gasteiger partial charge in [-0.15, -0.1) is 11.8 Å². The molecule has 0 fully saturated rings. The third-order valence-corrected chi connectivity index (χ3v) is 4.20. The standard InChI is InChI=1S/C13H11BrClNS/c14-9-3-1-4-10(7-9)17-8-11-12(15)5-2-6-13(11)16/h1-7H,8,16H2. The summed E-state index contributed by atoms with van der Waals surface area (Å²) in [6.07, 6.45) is 0. The van der Waals surface area contributed by atoms with Crippen molar-refractivity contribution in [2.75, 3.05) is 5.73 Å². The van der Waals surface area contributed by atoms with Gasteiger partial charge < -0.3 is 5.73 Å². The zero-order valence-corrected chi connectivity index (χ0v) is 12.1. The van der Waals surface area contributed by atoms with Crippen LogP contribution < -0.4 is 5.73 Å². The van der Waals surface area contributed by atoms with Crippen LogP contribution in [0.5, 0.6) is 0 Å². The first kappa shape index (κ1) is 12.8. The number of nitrogens with two attached hydrogens (primary N) is 1. The summed E-state index contributed by atoms with van der Waals surface area (Å²) in [7, 11) is 0. The van der Waals surface area contributed by atoms with E-state index in [-0.39, 0.29) is 0 Å². The van der Waals surface area contributed by atoms with E-state index in [1.165, 1.54) is 4.90 Å². The van der Waals surface area contributed by atoms with Crippen LogP contribution in [0.2, 0.25) is 5.02 Å². The van der Waals surface area contributed by atoms with Crippen LogP contribution in [0.1, 0.15) is 5.56 Å². The Morgan fingerprint density at radius 2 is 1.94 bits per heavy atom. The first-order valence-electron chi connectivity index (χ1n) is 5.08. The molecule has 0 amide bonds. The molecule has 0 aliphatic carbocycles. The van der Waals surface area contributed by atoms with Gasteiger partial charge in [0.1, 0.15) is 0 Å². The second kappa shape index (κ2) is 5.80. The fraction of sp³-hybridized carbons (Fsp3) is 0.0769. The summed E-state index contributed by atoms with van der Waals surface area (Å²) < 4.78 is 1.08. The third kappa shape index (κ3) is 3.41. The first-order valence-corrected chi connectivity index (χ1v) is 7.23. The second-order valence-corrected chi connectivity index (χ2v) is 5.93. The maximum absolute atomic E-state index is 6.12. The van der Waals surface area contributed by atoms with Crippen LogP contribution in [0.3, 0.4) is 0 Å². The Hall–Kier alpha value is -0.640. The average molecular weight is 329 g/mol. The topological polar surface area (TPSA) is 26.0 Å². The molecule has 17 heavy (non-hydrogen) atoms. The quantitative estimate of drug-likeness (QED) is 0.635. The molecule has 0 aliphatic heterocycles. The average Bonchev–Trinajstić information content (AvgIpc) is 2.28. The highest BCUT2D eigenvalue weighted by molar-refractivity contribution is 9.10. The Bertz CT molecular complexity index is 510. The van der Waals surface area contributed by atoms with Crippen LogP contribution in [-0.4, -0.2) is 0 Å². The van der Waals surface area contributed by atoms with E-state index in [0.717, 1.165) is 26.5 Å². The predicted octanol–water partition coefficient (Wildman–Crippen LogP) is 4.98. The number of rotatable bonds is 3. The number of thioether (sulfide) groups is 1.